The Bertz CT molecular complexity index is 851. The molecule has 3 heterocycles. The van der Waals surface area contributed by atoms with Gasteiger partial charge in [-0.25, -0.2) is 9.67 Å². The first kappa shape index (κ1) is 15.6. The molecule has 0 spiro atoms. The van der Waals surface area contributed by atoms with E-state index in [0.29, 0.717) is 11.6 Å². The second-order valence-electron chi connectivity index (χ2n) is 6.03. The molecular weight excluding hydrogens is 328 g/mol. The first-order chi connectivity index (χ1) is 11.7. The zero-order valence-electron chi connectivity index (χ0n) is 13.4. The van der Waals surface area contributed by atoms with Crippen LogP contribution in [-0.2, 0) is 24.8 Å². The van der Waals surface area contributed by atoms with E-state index in [9.17, 15) is 0 Å². The molecule has 0 amide bonds. The van der Waals surface area contributed by atoms with Gasteiger partial charge in [0.05, 0.1) is 29.4 Å². The second kappa shape index (κ2) is 6.51. The average molecular weight is 347 g/mol. The molecule has 0 radical (unpaired) electrons. The molecule has 1 aliphatic rings. The van der Waals surface area contributed by atoms with Crippen molar-refractivity contribution in [1.82, 2.24) is 29.9 Å². The maximum atomic E-state index is 6.04. The highest BCUT2D eigenvalue weighted by molar-refractivity contribution is 6.31. The minimum Gasteiger partial charge on any atom is -0.375 e. The largest absolute Gasteiger partial charge is 0.375 e. The van der Waals surface area contributed by atoms with Gasteiger partial charge in [0, 0.05) is 37.8 Å². The highest BCUT2D eigenvalue weighted by Gasteiger charge is 2.16. The molecule has 0 saturated carbocycles. The molecule has 7 nitrogen and oxygen atoms in total. The smallest absolute Gasteiger partial charge is 0.131 e. The summed E-state index contributed by atoms with van der Waals surface area (Å²) >= 11 is 6.04. The van der Waals surface area contributed by atoms with Crippen LogP contribution in [0.2, 0.25) is 5.02 Å². The quantitative estimate of drug-likeness (QED) is 0.773. The Balaban J connectivity index is 1.50. The van der Waals surface area contributed by atoms with Crippen molar-refractivity contribution < 1.29 is 4.74 Å². The number of aromatic nitrogens is 5. The van der Waals surface area contributed by atoms with Crippen LogP contribution < -0.4 is 5.32 Å². The third kappa shape index (κ3) is 3.15. The van der Waals surface area contributed by atoms with E-state index < -0.39 is 0 Å². The first-order valence-corrected chi connectivity index (χ1v) is 8.39. The van der Waals surface area contributed by atoms with Gasteiger partial charge in [0.2, 0.25) is 0 Å². The summed E-state index contributed by atoms with van der Waals surface area (Å²) in [5, 5.41) is 12.5. The molecule has 0 bridgehead atoms. The number of hydrogen-bond donors (Lipinski definition) is 1. The summed E-state index contributed by atoms with van der Waals surface area (Å²) in [6.07, 6.45) is 2.90. The van der Waals surface area contributed by atoms with Crippen molar-refractivity contribution in [2.24, 2.45) is 7.05 Å². The normalized spacial score (nSPS) is 18.3. The van der Waals surface area contributed by atoms with Crippen LogP contribution in [0, 0.1) is 0 Å². The van der Waals surface area contributed by atoms with Gasteiger partial charge in [-0.1, -0.05) is 16.8 Å². The van der Waals surface area contributed by atoms with Crippen molar-refractivity contribution in [1.29, 1.82) is 0 Å². The van der Waals surface area contributed by atoms with Crippen molar-refractivity contribution in [2.45, 2.75) is 19.1 Å². The predicted octanol–water partition coefficient (Wildman–Crippen LogP) is 1.40. The second-order valence-corrected chi connectivity index (χ2v) is 6.47. The van der Waals surface area contributed by atoms with E-state index in [4.69, 9.17) is 16.3 Å². The van der Waals surface area contributed by atoms with Crippen molar-refractivity contribution >= 4 is 22.6 Å². The lowest BCUT2D eigenvalue weighted by molar-refractivity contribution is 0.0286. The highest BCUT2D eigenvalue weighted by atomic mass is 35.5. The molecule has 1 aromatic carbocycles. The molecule has 1 saturated heterocycles. The van der Waals surface area contributed by atoms with E-state index in [2.05, 4.69) is 25.2 Å². The van der Waals surface area contributed by atoms with Crippen molar-refractivity contribution in [3.8, 4) is 0 Å². The number of morpholine rings is 1. The molecule has 3 aromatic rings. The SMILES string of the molecule is Cn1c(Cn2cc(CC3CNCCO3)nn2)nc2cc(Cl)ccc21. The minimum atomic E-state index is 0.168. The summed E-state index contributed by atoms with van der Waals surface area (Å²) in [6.45, 7) is 3.10. The van der Waals surface area contributed by atoms with Gasteiger partial charge in [-0.2, -0.15) is 0 Å². The Morgan fingerprint density at radius 1 is 1.42 bits per heavy atom. The number of hydrogen-bond acceptors (Lipinski definition) is 5. The van der Waals surface area contributed by atoms with Crippen LogP contribution in [0.1, 0.15) is 11.5 Å². The number of halogens is 1. The van der Waals surface area contributed by atoms with Gasteiger partial charge in [0.1, 0.15) is 12.4 Å². The van der Waals surface area contributed by atoms with Crippen LogP contribution in [0.4, 0.5) is 0 Å². The fraction of sp³-hybridized carbons (Fsp3) is 0.438. The fourth-order valence-corrected chi connectivity index (χ4v) is 3.17. The first-order valence-electron chi connectivity index (χ1n) is 8.01. The van der Waals surface area contributed by atoms with Crippen molar-refractivity contribution in [3.05, 3.63) is 40.9 Å². The zero-order chi connectivity index (χ0) is 16.5. The van der Waals surface area contributed by atoms with Gasteiger partial charge < -0.3 is 14.6 Å². The Hall–Kier alpha value is -1.96. The predicted molar refractivity (Wildman–Crippen MR) is 91.2 cm³/mol. The number of nitrogens with one attached hydrogen (secondary N) is 1. The summed E-state index contributed by atoms with van der Waals surface area (Å²) in [5.74, 6) is 0.916. The number of fused-ring (bicyclic) bond motifs is 1. The van der Waals surface area contributed by atoms with E-state index in [1.807, 2.05) is 36.1 Å². The third-order valence-corrected chi connectivity index (χ3v) is 4.50. The van der Waals surface area contributed by atoms with E-state index in [0.717, 1.165) is 48.7 Å². The van der Waals surface area contributed by atoms with Crippen LogP contribution in [0.15, 0.2) is 24.4 Å². The summed E-state index contributed by atoms with van der Waals surface area (Å²) in [7, 11) is 2.00. The van der Waals surface area contributed by atoms with E-state index in [1.54, 1.807) is 0 Å². The third-order valence-electron chi connectivity index (χ3n) is 4.27. The van der Waals surface area contributed by atoms with Crippen molar-refractivity contribution in [3.63, 3.8) is 0 Å². The fourth-order valence-electron chi connectivity index (χ4n) is 3.00. The average Bonchev–Trinajstić information content (AvgIpc) is 3.13. The van der Waals surface area contributed by atoms with Crippen LogP contribution >= 0.6 is 11.6 Å². The Labute approximate surface area is 144 Å². The Morgan fingerprint density at radius 2 is 2.33 bits per heavy atom. The Morgan fingerprint density at radius 3 is 3.17 bits per heavy atom. The van der Waals surface area contributed by atoms with Crippen LogP contribution in [-0.4, -0.2) is 50.3 Å². The lowest BCUT2D eigenvalue weighted by atomic mass is 10.2. The van der Waals surface area contributed by atoms with E-state index in [1.165, 1.54) is 0 Å². The molecule has 126 valence electrons. The van der Waals surface area contributed by atoms with Crippen LogP contribution in [0.25, 0.3) is 11.0 Å². The van der Waals surface area contributed by atoms with Gasteiger partial charge in [-0.15, -0.1) is 5.10 Å². The molecule has 0 aliphatic carbocycles. The molecule has 8 heteroatoms. The molecule has 1 aliphatic heterocycles. The summed E-state index contributed by atoms with van der Waals surface area (Å²) in [5.41, 5.74) is 2.88. The Kier molecular flexibility index (Phi) is 4.22. The van der Waals surface area contributed by atoms with Gasteiger partial charge >= 0.3 is 0 Å². The standard InChI is InChI=1S/C16H19ClN6O/c1-22-15-3-2-11(17)6-14(15)19-16(22)10-23-9-12(20-21-23)7-13-8-18-4-5-24-13/h2-3,6,9,13,18H,4-5,7-8,10H2,1H3. The molecule has 1 unspecified atom stereocenters. The number of benzene rings is 1. The van der Waals surface area contributed by atoms with Crippen molar-refractivity contribution in [2.75, 3.05) is 19.7 Å². The molecule has 1 fully saturated rings. The number of ether oxygens (including phenoxy) is 1. The number of aryl methyl sites for hydroxylation is 1. The maximum absolute atomic E-state index is 6.04. The summed E-state index contributed by atoms with van der Waals surface area (Å²) in [6, 6.07) is 5.73. The van der Waals surface area contributed by atoms with Crippen LogP contribution in [0.5, 0.6) is 0 Å². The number of rotatable bonds is 4. The molecular formula is C16H19ClN6O. The van der Waals surface area contributed by atoms with E-state index >= 15 is 0 Å². The lowest BCUT2D eigenvalue weighted by Gasteiger charge is -2.22. The summed E-state index contributed by atoms with van der Waals surface area (Å²) < 4.78 is 9.58. The lowest BCUT2D eigenvalue weighted by Crippen LogP contribution is -2.39. The van der Waals surface area contributed by atoms with Gasteiger partial charge in [0.25, 0.3) is 0 Å². The maximum Gasteiger partial charge on any atom is 0.131 e. The summed E-state index contributed by atoms with van der Waals surface area (Å²) in [4.78, 5) is 4.65. The van der Waals surface area contributed by atoms with Gasteiger partial charge in [-0.3, -0.25) is 0 Å². The molecule has 2 aromatic heterocycles. The van der Waals surface area contributed by atoms with Crippen LogP contribution in [0.3, 0.4) is 0 Å². The van der Waals surface area contributed by atoms with Gasteiger partial charge in [-0.05, 0) is 18.2 Å². The molecule has 24 heavy (non-hydrogen) atoms. The number of imidazole rings is 1. The number of nitrogens with zero attached hydrogens (tertiary/aromatic N) is 5. The van der Waals surface area contributed by atoms with Gasteiger partial charge in [0.15, 0.2) is 0 Å². The minimum absolute atomic E-state index is 0.168. The van der Waals surface area contributed by atoms with E-state index in [-0.39, 0.29) is 6.10 Å². The molecule has 1 N–H and O–H groups in total. The topological polar surface area (TPSA) is 69.8 Å². The zero-order valence-corrected chi connectivity index (χ0v) is 14.2. The monoisotopic (exact) mass is 346 g/mol. The molecule has 4 rings (SSSR count). The highest BCUT2D eigenvalue weighted by Crippen LogP contribution is 2.20. The molecule has 1 atom stereocenters.